The number of nitrogens with zero attached hydrogens (tertiary/aromatic N) is 1. The minimum Gasteiger partial charge on any atom is -0.473 e. The van der Waals surface area contributed by atoms with E-state index in [1.165, 1.54) is 11.3 Å². The molecule has 0 saturated carbocycles. The first-order chi connectivity index (χ1) is 4.77. The Balaban J connectivity index is 2.92. The summed E-state index contributed by atoms with van der Waals surface area (Å²) in [6.07, 6.45) is 0. The largest absolute Gasteiger partial charge is 0.473 e. The minimum absolute atomic E-state index is 0.0485. The fourth-order valence-corrected chi connectivity index (χ4v) is 1.37. The van der Waals surface area contributed by atoms with Crippen LogP contribution in [0.1, 0.15) is 10.6 Å². The van der Waals surface area contributed by atoms with Crippen LogP contribution in [0.2, 0.25) is 0 Å². The zero-order valence-corrected chi connectivity index (χ0v) is 6.73. The maximum atomic E-state index is 8.74. The molecule has 0 amide bonds. The van der Waals surface area contributed by atoms with E-state index in [0.717, 1.165) is 10.6 Å². The van der Waals surface area contributed by atoms with Crippen LogP contribution in [-0.2, 0) is 6.61 Å². The lowest BCUT2D eigenvalue weighted by molar-refractivity contribution is 0.284. The minimum atomic E-state index is 0.0485. The lowest BCUT2D eigenvalue weighted by Gasteiger charge is -1.85. The van der Waals surface area contributed by atoms with Crippen molar-refractivity contribution in [1.29, 1.82) is 0 Å². The van der Waals surface area contributed by atoms with E-state index in [-0.39, 0.29) is 6.61 Å². The third kappa shape index (κ3) is 1.27. The van der Waals surface area contributed by atoms with Crippen molar-refractivity contribution in [3.8, 4) is 5.19 Å². The fraction of sp³-hybridized carbons (Fsp3) is 0.500. The summed E-state index contributed by atoms with van der Waals surface area (Å²) < 4.78 is 4.87. The molecule has 1 aromatic rings. The number of aliphatic hydroxyl groups excluding tert-OH is 1. The highest BCUT2D eigenvalue weighted by Crippen LogP contribution is 2.23. The highest BCUT2D eigenvalue weighted by molar-refractivity contribution is 7.13. The molecular weight excluding hydrogens is 150 g/mol. The molecule has 56 valence electrons. The summed E-state index contributed by atoms with van der Waals surface area (Å²) in [5, 5.41) is 9.35. The molecule has 0 radical (unpaired) electrons. The first kappa shape index (κ1) is 7.50. The molecule has 10 heavy (non-hydrogen) atoms. The average Bonchev–Trinajstić information content (AvgIpc) is 2.30. The van der Waals surface area contributed by atoms with Crippen molar-refractivity contribution in [2.24, 2.45) is 0 Å². The van der Waals surface area contributed by atoms with E-state index < -0.39 is 0 Å². The number of aryl methyl sites for hydroxylation is 1. The third-order valence-corrected chi connectivity index (χ3v) is 2.29. The van der Waals surface area contributed by atoms with Gasteiger partial charge in [0, 0.05) is 0 Å². The predicted octanol–water partition coefficient (Wildman–Crippen LogP) is 0.952. The quantitative estimate of drug-likeness (QED) is 0.698. The van der Waals surface area contributed by atoms with Gasteiger partial charge in [-0.3, -0.25) is 0 Å². The molecule has 1 aromatic heterocycles. The molecule has 4 heteroatoms. The van der Waals surface area contributed by atoms with E-state index in [9.17, 15) is 0 Å². The zero-order chi connectivity index (χ0) is 7.56. The number of aliphatic hydroxyl groups is 1. The van der Waals surface area contributed by atoms with Gasteiger partial charge < -0.3 is 9.84 Å². The van der Waals surface area contributed by atoms with Crippen LogP contribution in [-0.4, -0.2) is 17.2 Å². The van der Waals surface area contributed by atoms with E-state index >= 15 is 0 Å². The molecular formula is C6H9NO2S. The standard InChI is InChI=1S/C6H9NO2S/c1-4-5(3-8)10-6(7-4)9-2/h8H,3H2,1-2H3. The second-order valence-corrected chi connectivity index (χ2v) is 2.90. The summed E-state index contributed by atoms with van der Waals surface area (Å²) in [6, 6.07) is 0. The normalized spacial score (nSPS) is 9.90. The summed E-state index contributed by atoms with van der Waals surface area (Å²) in [4.78, 5) is 4.91. The number of ether oxygens (including phenoxy) is 1. The monoisotopic (exact) mass is 159 g/mol. The Kier molecular flexibility index (Phi) is 2.24. The van der Waals surface area contributed by atoms with Crippen molar-refractivity contribution in [1.82, 2.24) is 4.98 Å². The second-order valence-electron chi connectivity index (χ2n) is 1.85. The highest BCUT2D eigenvalue weighted by Gasteiger charge is 2.04. The number of aromatic nitrogens is 1. The summed E-state index contributed by atoms with van der Waals surface area (Å²) in [7, 11) is 1.57. The Morgan fingerprint density at radius 2 is 2.40 bits per heavy atom. The van der Waals surface area contributed by atoms with Crippen LogP contribution in [0.5, 0.6) is 5.19 Å². The summed E-state index contributed by atoms with van der Waals surface area (Å²) >= 11 is 1.38. The molecule has 1 rings (SSSR count). The Labute approximate surface area is 63.3 Å². The van der Waals surface area contributed by atoms with E-state index in [0.29, 0.717) is 5.19 Å². The Bertz CT molecular complexity index is 222. The molecule has 0 unspecified atom stereocenters. The molecule has 0 aromatic carbocycles. The van der Waals surface area contributed by atoms with Gasteiger partial charge in [0.2, 0.25) is 0 Å². The Hall–Kier alpha value is -0.610. The average molecular weight is 159 g/mol. The second kappa shape index (κ2) is 2.98. The number of thiazole rings is 1. The SMILES string of the molecule is COc1nc(C)c(CO)s1. The van der Waals surface area contributed by atoms with Crippen LogP contribution in [0, 0.1) is 6.92 Å². The van der Waals surface area contributed by atoms with E-state index in [1.807, 2.05) is 6.92 Å². The topological polar surface area (TPSA) is 42.4 Å². The summed E-state index contributed by atoms with van der Waals surface area (Å²) in [5.41, 5.74) is 0.851. The van der Waals surface area contributed by atoms with Gasteiger partial charge in [-0.05, 0) is 6.92 Å². The first-order valence-electron chi connectivity index (χ1n) is 2.89. The van der Waals surface area contributed by atoms with E-state index in [2.05, 4.69) is 4.98 Å². The van der Waals surface area contributed by atoms with Crippen LogP contribution in [0.25, 0.3) is 0 Å². The summed E-state index contributed by atoms with van der Waals surface area (Å²) in [5.74, 6) is 0. The molecule has 3 nitrogen and oxygen atoms in total. The maximum Gasteiger partial charge on any atom is 0.273 e. The van der Waals surface area contributed by atoms with Gasteiger partial charge in [-0.15, -0.1) is 0 Å². The molecule has 0 spiro atoms. The van der Waals surface area contributed by atoms with Crippen LogP contribution < -0.4 is 4.74 Å². The van der Waals surface area contributed by atoms with Crippen molar-refractivity contribution in [3.05, 3.63) is 10.6 Å². The lowest BCUT2D eigenvalue weighted by Crippen LogP contribution is -1.81. The molecule has 0 bridgehead atoms. The van der Waals surface area contributed by atoms with Crippen molar-refractivity contribution in [2.75, 3.05) is 7.11 Å². The van der Waals surface area contributed by atoms with E-state index in [1.54, 1.807) is 7.11 Å². The highest BCUT2D eigenvalue weighted by atomic mass is 32.1. The molecule has 0 atom stereocenters. The van der Waals surface area contributed by atoms with E-state index in [4.69, 9.17) is 9.84 Å². The molecule has 0 fully saturated rings. The Morgan fingerprint density at radius 1 is 1.70 bits per heavy atom. The maximum absolute atomic E-state index is 8.74. The van der Waals surface area contributed by atoms with Gasteiger partial charge in [0.1, 0.15) is 0 Å². The van der Waals surface area contributed by atoms with Crippen LogP contribution in [0.3, 0.4) is 0 Å². The number of rotatable bonds is 2. The third-order valence-electron chi connectivity index (χ3n) is 1.19. The molecule has 1 heterocycles. The number of hydrogen-bond acceptors (Lipinski definition) is 4. The van der Waals surface area contributed by atoms with Gasteiger partial charge in [0.15, 0.2) is 0 Å². The predicted molar refractivity (Wildman–Crippen MR) is 39.3 cm³/mol. The van der Waals surface area contributed by atoms with Crippen LogP contribution in [0.15, 0.2) is 0 Å². The smallest absolute Gasteiger partial charge is 0.273 e. The van der Waals surface area contributed by atoms with Gasteiger partial charge in [-0.25, -0.2) is 4.98 Å². The van der Waals surface area contributed by atoms with Crippen LogP contribution >= 0.6 is 11.3 Å². The van der Waals surface area contributed by atoms with Crippen molar-refractivity contribution < 1.29 is 9.84 Å². The first-order valence-corrected chi connectivity index (χ1v) is 3.70. The van der Waals surface area contributed by atoms with Gasteiger partial charge >= 0.3 is 0 Å². The lowest BCUT2D eigenvalue weighted by atomic mass is 10.4. The zero-order valence-electron chi connectivity index (χ0n) is 5.92. The molecule has 0 aliphatic heterocycles. The summed E-state index contributed by atoms with van der Waals surface area (Å²) in [6.45, 7) is 1.90. The van der Waals surface area contributed by atoms with Gasteiger partial charge in [0.25, 0.3) is 5.19 Å². The van der Waals surface area contributed by atoms with Crippen molar-refractivity contribution in [2.45, 2.75) is 13.5 Å². The van der Waals surface area contributed by atoms with Gasteiger partial charge in [-0.2, -0.15) is 0 Å². The molecule has 0 aliphatic carbocycles. The van der Waals surface area contributed by atoms with Crippen molar-refractivity contribution in [3.63, 3.8) is 0 Å². The fourth-order valence-electron chi connectivity index (χ4n) is 0.635. The van der Waals surface area contributed by atoms with Crippen molar-refractivity contribution >= 4 is 11.3 Å². The molecule has 0 aliphatic rings. The Morgan fingerprint density at radius 3 is 2.70 bits per heavy atom. The van der Waals surface area contributed by atoms with Gasteiger partial charge in [-0.1, -0.05) is 11.3 Å². The molecule has 1 N–H and O–H groups in total. The molecule has 0 saturated heterocycles. The van der Waals surface area contributed by atoms with Gasteiger partial charge in [0.05, 0.1) is 24.3 Å². The number of methoxy groups -OCH3 is 1. The number of hydrogen-bond donors (Lipinski definition) is 1. The van der Waals surface area contributed by atoms with Crippen LogP contribution in [0.4, 0.5) is 0 Å².